The fraction of sp³-hybridized carbons (Fsp3) is 0.615. The van der Waals surface area contributed by atoms with Crippen molar-refractivity contribution in [2.45, 2.75) is 31.4 Å². The zero-order valence-corrected chi connectivity index (χ0v) is 11.2. The highest BCUT2D eigenvalue weighted by atomic mass is 32.2. The Kier molecular flexibility index (Phi) is 4.98. The molecule has 0 saturated carbocycles. The number of pyridine rings is 1. The molecule has 0 amide bonds. The van der Waals surface area contributed by atoms with Gasteiger partial charge in [-0.05, 0) is 37.1 Å². The van der Waals surface area contributed by atoms with Gasteiger partial charge in [-0.2, -0.15) is 11.8 Å². The molecule has 0 radical (unpaired) electrons. The van der Waals surface area contributed by atoms with E-state index in [0.717, 1.165) is 36.4 Å². The SMILES string of the molecule is CCCNc1cccc(NCC2CCCS2)n1. The molecule has 4 heteroatoms. The minimum Gasteiger partial charge on any atom is -0.370 e. The van der Waals surface area contributed by atoms with E-state index >= 15 is 0 Å². The summed E-state index contributed by atoms with van der Waals surface area (Å²) in [6.07, 6.45) is 3.83. The number of nitrogens with zero attached hydrogens (tertiary/aromatic N) is 1. The summed E-state index contributed by atoms with van der Waals surface area (Å²) < 4.78 is 0. The van der Waals surface area contributed by atoms with Gasteiger partial charge in [0.25, 0.3) is 0 Å². The van der Waals surface area contributed by atoms with Crippen LogP contribution < -0.4 is 10.6 Å². The minimum atomic E-state index is 0.768. The van der Waals surface area contributed by atoms with Crippen LogP contribution in [-0.4, -0.2) is 29.1 Å². The first-order chi connectivity index (χ1) is 8.38. The van der Waals surface area contributed by atoms with Gasteiger partial charge in [0.05, 0.1) is 0 Å². The van der Waals surface area contributed by atoms with E-state index < -0.39 is 0 Å². The maximum Gasteiger partial charge on any atom is 0.128 e. The van der Waals surface area contributed by atoms with Gasteiger partial charge in [-0.25, -0.2) is 4.98 Å². The highest BCUT2D eigenvalue weighted by Crippen LogP contribution is 2.26. The van der Waals surface area contributed by atoms with Crippen molar-refractivity contribution in [2.75, 3.05) is 29.5 Å². The molecular formula is C13H21N3S. The van der Waals surface area contributed by atoms with E-state index in [1.54, 1.807) is 0 Å². The summed E-state index contributed by atoms with van der Waals surface area (Å²) in [7, 11) is 0. The molecule has 1 aromatic rings. The van der Waals surface area contributed by atoms with Crippen LogP contribution >= 0.6 is 11.8 Å². The van der Waals surface area contributed by atoms with Crippen LogP contribution in [0.3, 0.4) is 0 Å². The molecule has 0 aliphatic carbocycles. The second kappa shape index (κ2) is 6.74. The lowest BCUT2D eigenvalue weighted by Gasteiger charge is -2.11. The van der Waals surface area contributed by atoms with E-state index in [9.17, 15) is 0 Å². The van der Waals surface area contributed by atoms with Gasteiger partial charge in [0.15, 0.2) is 0 Å². The van der Waals surface area contributed by atoms with Gasteiger partial charge in [-0.15, -0.1) is 0 Å². The van der Waals surface area contributed by atoms with E-state index in [2.05, 4.69) is 40.4 Å². The fourth-order valence-corrected chi connectivity index (χ4v) is 3.11. The first kappa shape index (κ1) is 12.6. The first-order valence-electron chi connectivity index (χ1n) is 6.45. The van der Waals surface area contributed by atoms with Crippen LogP contribution in [0.15, 0.2) is 18.2 Å². The van der Waals surface area contributed by atoms with Crippen molar-refractivity contribution in [3.63, 3.8) is 0 Å². The molecule has 94 valence electrons. The normalized spacial score (nSPS) is 19.2. The quantitative estimate of drug-likeness (QED) is 0.814. The van der Waals surface area contributed by atoms with E-state index in [1.807, 2.05) is 12.1 Å². The minimum absolute atomic E-state index is 0.768. The highest BCUT2D eigenvalue weighted by Gasteiger charge is 2.14. The first-order valence-corrected chi connectivity index (χ1v) is 7.50. The van der Waals surface area contributed by atoms with Gasteiger partial charge in [-0.1, -0.05) is 13.0 Å². The summed E-state index contributed by atoms with van der Waals surface area (Å²) >= 11 is 2.07. The number of hydrogen-bond donors (Lipinski definition) is 2. The Morgan fingerprint density at radius 3 is 2.88 bits per heavy atom. The van der Waals surface area contributed by atoms with Crippen molar-refractivity contribution >= 4 is 23.4 Å². The molecule has 1 atom stereocenters. The average Bonchev–Trinajstić information content (AvgIpc) is 2.87. The standard InChI is InChI=1S/C13H21N3S/c1-2-8-14-12-6-3-7-13(16-12)15-10-11-5-4-9-17-11/h3,6-7,11H,2,4-5,8-10H2,1H3,(H2,14,15,16). The monoisotopic (exact) mass is 251 g/mol. The van der Waals surface area contributed by atoms with Gasteiger partial charge >= 0.3 is 0 Å². The Bertz CT molecular complexity index is 337. The maximum absolute atomic E-state index is 4.54. The summed E-state index contributed by atoms with van der Waals surface area (Å²) in [5, 5.41) is 7.51. The number of aromatic nitrogens is 1. The summed E-state index contributed by atoms with van der Waals surface area (Å²) in [5.41, 5.74) is 0. The van der Waals surface area contributed by atoms with Crippen LogP contribution in [0.1, 0.15) is 26.2 Å². The van der Waals surface area contributed by atoms with Crippen molar-refractivity contribution in [1.82, 2.24) is 4.98 Å². The lowest BCUT2D eigenvalue weighted by atomic mass is 10.2. The molecule has 2 heterocycles. The molecule has 2 rings (SSSR count). The number of thioether (sulfide) groups is 1. The second-order valence-corrected chi connectivity index (χ2v) is 5.76. The van der Waals surface area contributed by atoms with Crippen molar-refractivity contribution < 1.29 is 0 Å². The molecule has 1 fully saturated rings. The zero-order valence-electron chi connectivity index (χ0n) is 10.4. The Morgan fingerprint density at radius 1 is 1.35 bits per heavy atom. The topological polar surface area (TPSA) is 37.0 Å². The lowest BCUT2D eigenvalue weighted by Crippen LogP contribution is -2.14. The predicted octanol–water partition coefficient (Wildman–Crippen LogP) is 3.21. The van der Waals surface area contributed by atoms with Gasteiger partial charge < -0.3 is 10.6 Å². The van der Waals surface area contributed by atoms with E-state index in [-0.39, 0.29) is 0 Å². The van der Waals surface area contributed by atoms with Gasteiger partial charge in [0, 0.05) is 18.3 Å². The maximum atomic E-state index is 4.54. The molecule has 0 spiro atoms. The van der Waals surface area contributed by atoms with E-state index in [4.69, 9.17) is 0 Å². The molecule has 17 heavy (non-hydrogen) atoms. The molecule has 1 unspecified atom stereocenters. The van der Waals surface area contributed by atoms with Gasteiger partial charge in [0.1, 0.15) is 11.6 Å². The molecule has 0 bridgehead atoms. The van der Waals surface area contributed by atoms with Gasteiger partial charge in [0.2, 0.25) is 0 Å². The summed E-state index contributed by atoms with van der Waals surface area (Å²) in [4.78, 5) is 4.54. The van der Waals surface area contributed by atoms with Crippen molar-refractivity contribution in [2.24, 2.45) is 0 Å². The van der Waals surface area contributed by atoms with Crippen molar-refractivity contribution in [3.05, 3.63) is 18.2 Å². The smallest absolute Gasteiger partial charge is 0.128 e. The summed E-state index contributed by atoms with van der Waals surface area (Å²) in [5.74, 6) is 3.27. The molecule has 1 aromatic heterocycles. The Hall–Kier alpha value is -0.900. The highest BCUT2D eigenvalue weighted by molar-refractivity contribution is 8.00. The third-order valence-electron chi connectivity index (χ3n) is 2.84. The lowest BCUT2D eigenvalue weighted by molar-refractivity contribution is 0.803. The fourth-order valence-electron chi connectivity index (χ4n) is 1.91. The summed E-state index contributed by atoms with van der Waals surface area (Å²) in [6.45, 7) is 4.18. The van der Waals surface area contributed by atoms with Crippen LogP contribution in [0, 0.1) is 0 Å². The van der Waals surface area contributed by atoms with Crippen LogP contribution in [0.25, 0.3) is 0 Å². The zero-order chi connectivity index (χ0) is 11.9. The number of rotatable bonds is 6. The number of hydrogen-bond acceptors (Lipinski definition) is 4. The van der Waals surface area contributed by atoms with E-state index in [0.29, 0.717) is 0 Å². The molecule has 1 saturated heterocycles. The van der Waals surface area contributed by atoms with Crippen LogP contribution in [-0.2, 0) is 0 Å². The predicted molar refractivity (Wildman–Crippen MR) is 77.0 cm³/mol. The third-order valence-corrected chi connectivity index (χ3v) is 4.24. The van der Waals surface area contributed by atoms with Crippen molar-refractivity contribution in [1.29, 1.82) is 0 Å². The largest absolute Gasteiger partial charge is 0.370 e. The molecule has 2 N–H and O–H groups in total. The van der Waals surface area contributed by atoms with Crippen LogP contribution in [0.4, 0.5) is 11.6 Å². The Morgan fingerprint density at radius 2 is 2.18 bits per heavy atom. The number of nitrogens with one attached hydrogen (secondary N) is 2. The molecule has 3 nitrogen and oxygen atoms in total. The summed E-state index contributed by atoms with van der Waals surface area (Å²) in [6, 6.07) is 6.11. The molecule has 0 aromatic carbocycles. The Balaban J connectivity index is 1.82. The average molecular weight is 251 g/mol. The van der Waals surface area contributed by atoms with Crippen LogP contribution in [0.2, 0.25) is 0 Å². The van der Waals surface area contributed by atoms with Crippen LogP contribution in [0.5, 0.6) is 0 Å². The van der Waals surface area contributed by atoms with E-state index in [1.165, 1.54) is 18.6 Å². The molecule has 1 aliphatic heterocycles. The second-order valence-electron chi connectivity index (χ2n) is 4.35. The third kappa shape index (κ3) is 4.11. The molecule has 1 aliphatic rings. The molecular weight excluding hydrogens is 230 g/mol. The van der Waals surface area contributed by atoms with Gasteiger partial charge in [-0.3, -0.25) is 0 Å². The van der Waals surface area contributed by atoms with Crippen molar-refractivity contribution in [3.8, 4) is 0 Å². The Labute approximate surface area is 108 Å². The number of anilines is 2.